The highest BCUT2D eigenvalue weighted by atomic mass is 35.5. The van der Waals surface area contributed by atoms with Crippen molar-refractivity contribution in [3.8, 4) is 11.5 Å². The molecule has 0 amide bonds. The molecule has 3 aromatic carbocycles. The van der Waals surface area contributed by atoms with E-state index in [0.717, 1.165) is 11.1 Å². The number of sulfonamides is 1. The fourth-order valence-electron chi connectivity index (χ4n) is 2.53. The number of rotatable bonds is 8. The Kier molecular flexibility index (Phi) is 6.74. The maximum atomic E-state index is 12.9. The van der Waals surface area contributed by atoms with E-state index in [-0.39, 0.29) is 22.3 Å². The second-order valence-corrected chi connectivity index (χ2v) is 8.35. The monoisotopic (exact) mass is 435 g/mol. The lowest BCUT2D eigenvalue weighted by Gasteiger charge is -2.10. The van der Waals surface area contributed by atoms with Gasteiger partial charge in [-0.1, -0.05) is 35.9 Å². The Bertz CT molecular complexity index is 1070. The van der Waals surface area contributed by atoms with Gasteiger partial charge in [-0.2, -0.15) is 0 Å². The Morgan fingerprint density at radius 3 is 2.24 bits per heavy atom. The van der Waals surface area contributed by atoms with Gasteiger partial charge < -0.3 is 9.47 Å². The van der Waals surface area contributed by atoms with Crippen LogP contribution in [0.3, 0.4) is 0 Å². The number of ether oxygens (including phenoxy) is 2. The first-order valence-corrected chi connectivity index (χ1v) is 10.5. The lowest BCUT2D eigenvalue weighted by atomic mass is 10.2. The molecule has 0 atom stereocenters. The van der Waals surface area contributed by atoms with Crippen LogP contribution in [-0.2, 0) is 23.2 Å². The minimum atomic E-state index is -3.72. The first-order valence-electron chi connectivity index (χ1n) is 8.67. The molecule has 1 N–H and O–H groups in total. The summed E-state index contributed by atoms with van der Waals surface area (Å²) in [5.74, 6) is 0.738. The Morgan fingerprint density at radius 2 is 1.62 bits per heavy atom. The lowest BCUT2D eigenvalue weighted by Crippen LogP contribution is -2.23. The van der Waals surface area contributed by atoms with Gasteiger partial charge in [0.1, 0.15) is 23.9 Å². The molecule has 0 aromatic heterocycles. The molecule has 5 nitrogen and oxygen atoms in total. The van der Waals surface area contributed by atoms with Crippen LogP contribution in [0.1, 0.15) is 11.1 Å². The number of benzene rings is 3. The Labute approximate surface area is 174 Å². The van der Waals surface area contributed by atoms with Gasteiger partial charge >= 0.3 is 0 Å². The van der Waals surface area contributed by atoms with Crippen LogP contribution >= 0.6 is 11.6 Å². The zero-order valence-corrected chi connectivity index (χ0v) is 17.1. The van der Waals surface area contributed by atoms with Crippen molar-refractivity contribution < 1.29 is 22.3 Å². The van der Waals surface area contributed by atoms with E-state index in [1.165, 1.54) is 37.4 Å². The molecular formula is C21H19ClFNO4S. The van der Waals surface area contributed by atoms with E-state index in [1.807, 2.05) is 0 Å². The van der Waals surface area contributed by atoms with Crippen LogP contribution in [0.15, 0.2) is 71.6 Å². The first-order chi connectivity index (χ1) is 13.9. The third kappa shape index (κ3) is 5.69. The van der Waals surface area contributed by atoms with E-state index >= 15 is 0 Å². The van der Waals surface area contributed by atoms with Crippen LogP contribution in [0.2, 0.25) is 5.02 Å². The van der Waals surface area contributed by atoms with Crippen molar-refractivity contribution in [2.45, 2.75) is 18.0 Å². The van der Waals surface area contributed by atoms with E-state index in [4.69, 9.17) is 21.1 Å². The van der Waals surface area contributed by atoms with E-state index in [2.05, 4.69) is 4.72 Å². The van der Waals surface area contributed by atoms with Crippen LogP contribution in [0.4, 0.5) is 4.39 Å². The van der Waals surface area contributed by atoms with Crippen LogP contribution in [0.5, 0.6) is 11.5 Å². The molecule has 0 heterocycles. The molecular weight excluding hydrogens is 417 g/mol. The predicted octanol–water partition coefficient (Wildman–Crippen LogP) is 4.55. The Morgan fingerprint density at radius 1 is 0.966 bits per heavy atom. The number of methoxy groups -OCH3 is 1. The van der Waals surface area contributed by atoms with Gasteiger partial charge in [0.25, 0.3) is 0 Å². The van der Waals surface area contributed by atoms with Gasteiger partial charge in [-0.05, 0) is 53.6 Å². The summed E-state index contributed by atoms with van der Waals surface area (Å²) in [6.07, 6.45) is 0. The number of hydrogen-bond donors (Lipinski definition) is 1. The predicted molar refractivity (Wildman–Crippen MR) is 109 cm³/mol. The van der Waals surface area contributed by atoms with Crippen LogP contribution in [-0.4, -0.2) is 15.5 Å². The van der Waals surface area contributed by atoms with Crippen molar-refractivity contribution in [3.63, 3.8) is 0 Å². The quantitative estimate of drug-likeness (QED) is 0.564. The number of hydrogen-bond acceptors (Lipinski definition) is 4. The van der Waals surface area contributed by atoms with Gasteiger partial charge in [-0.3, -0.25) is 0 Å². The third-order valence-corrected chi connectivity index (χ3v) is 5.84. The van der Waals surface area contributed by atoms with E-state index < -0.39 is 10.0 Å². The largest absolute Gasteiger partial charge is 0.495 e. The topological polar surface area (TPSA) is 64.6 Å². The fraction of sp³-hybridized carbons (Fsp3) is 0.143. The van der Waals surface area contributed by atoms with E-state index in [1.54, 1.807) is 36.4 Å². The molecule has 0 aliphatic rings. The SMILES string of the molecule is COc1ccc(S(=O)(=O)NCc2ccc(OCc3ccc(F)cc3)cc2)cc1Cl. The molecule has 8 heteroatoms. The van der Waals surface area contributed by atoms with Crippen molar-refractivity contribution in [1.82, 2.24) is 4.72 Å². The number of nitrogens with one attached hydrogen (secondary N) is 1. The molecule has 0 saturated heterocycles. The van der Waals surface area contributed by atoms with Gasteiger partial charge in [0, 0.05) is 6.54 Å². The molecule has 3 aromatic rings. The summed E-state index contributed by atoms with van der Waals surface area (Å²) in [5, 5.41) is 0.220. The molecule has 152 valence electrons. The second kappa shape index (κ2) is 9.26. The van der Waals surface area contributed by atoms with E-state index in [9.17, 15) is 12.8 Å². The average molecular weight is 436 g/mol. The molecule has 29 heavy (non-hydrogen) atoms. The van der Waals surface area contributed by atoms with Crippen LogP contribution < -0.4 is 14.2 Å². The molecule has 0 saturated carbocycles. The number of halogens is 2. The smallest absolute Gasteiger partial charge is 0.240 e. The van der Waals surface area contributed by atoms with Crippen LogP contribution in [0.25, 0.3) is 0 Å². The molecule has 0 radical (unpaired) electrons. The maximum absolute atomic E-state index is 12.9. The molecule has 0 fully saturated rings. The minimum Gasteiger partial charge on any atom is -0.495 e. The Balaban J connectivity index is 1.57. The van der Waals surface area contributed by atoms with Crippen molar-refractivity contribution in [1.29, 1.82) is 0 Å². The minimum absolute atomic E-state index is 0.0579. The molecule has 0 bridgehead atoms. The van der Waals surface area contributed by atoms with Crippen molar-refractivity contribution in [2.24, 2.45) is 0 Å². The third-order valence-electron chi connectivity index (χ3n) is 4.14. The van der Waals surface area contributed by atoms with Crippen LogP contribution in [0, 0.1) is 5.82 Å². The summed E-state index contributed by atoms with van der Waals surface area (Å²) < 4.78 is 51.0. The average Bonchev–Trinajstić information content (AvgIpc) is 2.72. The van der Waals surface area contributed by atoms with Gasteiger partial charge in [0.05, 0.1) is 17.0 Å². The van der Waals surface area contributed by atoms with Gasteiger partial charge in [-0.15, -0.1) is 0 Å². The van der Waals surface area contributed by atoms with Gasteiger partial charge in [-0.25, -0.2) is 17.5 Å². The summed E-state index contributed by atoms with van der Waals surface area (Å²) >= 11 is 6.00. The summed E-state index contributed by atoms with van der Waals surface area (Å²) in [6.45, 7) is 0.425. The Hall–Kier alpha value is -2.61. The van der Waals surface area contributed by atoms with Crippen molar-refractivity contribution >= 4 is 21.6 Å². The zero-order chi connectivity index (χ0) is 20.9. The summed E-state index contributed by atoms with van der Waals surface area (Å²) in [6, 6.07) is 17.4. The zero-order valence-electron chi connectivity index (χ0n) is 15.6. The fourth-order valence-corrected chi connectivity index (χ4v) is 3.89. The summed E-state index contributed by atoms with van der Waals surface area (Å²) in [4.78, 5) is 0.0579. The van der Waals surface area contributed by atoms with E-state index in [0.29, 0.717) is 18.1 Å². The highest BCUT2D eigenvalue weighted by Gasteiger charge is 2.15. The highest BCUT2D eigenvalue weighted by Crippen LogP contribution is 2.27. The second-order valence-electron chi connectivity index (χ2n) is 6.18. The summed E-state index contributed by atoms with van der Waals surface area (Å²) in [7, 11) is -2.26. The normalized spacial score (nSPS) is 11.3. The standard InChI is InChI=1S/C21H19ClFNO4S/c1-27-21-11-10-19(12-20(21)22)29(25,26)24-13-15-4-8-18(9-5-15)28-14-16-2-6-17(23)7-3-16/h2-12,24H,13-14H2,1H3. The van der Waals surface area contributed by atoms with Crippen molar-refractivity contribution in [3.05, 3.63) is 88.7 Å². The highest BCUT2D eigenvalue weighted by molar-refractivity contribution is 7.89. The summed E-state index contributed by atoms with van der Waals surface area (Å²) in [5.41, 5.74) is 1.61. The first kappa shape index (κ1) is 21.1. The lowest BCUT2D eigenvalue weighted by molar-refractivity contribution is 0.306. The maximum Gasteiger partial charge on any atom is 0.240 e. The molecule has 0 spiro atoms. The van der Waals surface area contributed by atoms with Gasteiger partial charge in [0.15, 0.2) is 0 Å². The van der Waals surface area contributed by atoms with Gasteiger partial charge in [0.2, 0.25) is 10.0 Å². The molecule has 3 rings (SSSR count). The van der Waals surface area contributed by atoms with Crippen molar-refractivity contribution in [2.75, 3.05) is 7.11 Å². The molecule has 0 unspecified atom stereocenters. The molecule has 0 aliphatic heterocycles. The molecule has 0 aliphatic carbocycles.